The van der Waals surface area contributed by atoms with Gasteiger partial charge in [-0.05, 0) is 44.7 Å². The molecule has 2 fully saturated rings. The first-order chi connectivity index (χ1) is 15.0. The lowest BCUT2D eigenvalue weighted by Gasteiger charge is -2.36. The van der Waals surface area contributed by atoms with E-state index >= 15 is 0 Å². The van der Waals surface area contributed by atoms with Gasteiger partial charge in [0.15, 0.2) is 5.96 Å². The number of piperidine rings is 1. The number of methoxy groups -OCH3 is 1. The van der Waals surface area contributed by atoms with E-state index in [4.69, 9.17) is 9.73 Å². The predicted molar refractivity (Wildman–Crippen MR) is 127 cm³/mol. The van der Waals surface area contributed by atoms with Crippen LogP contribution in [0.5, 0.6) is 5.75 Å². The summed E-state index contributed by atoms with van der Waals surface area (Å²) in [5.74, 6) is 1.92. The smallest absolute Gasteiger partial charge is 0.230 e. The van der Waals surface area contributed by atoms with E-state index in [9.17, 15) is 4.79 Å². The van der Waals surface area contributed by atoms with E-state index in [2.05, 4.69) is 34.6 Å². The van der Waals surface area contributed by atoms with E-state index in [-0.39, 0.29) is 11.3 Å². The summed E-state index contributed by atoms with van der Waals surface area (Å²) in [5.41, 5.74) is 0.847. The Morgan fingerprint density at radius 1 is 1.29 bits per heavy atom. The molecule has 1 aromatic rings. The second-order valence-corrected chi connectivity index (χ2v) is 9.01. The van der Waals surface area contributed by atoms with Crippen molar-refractivity contribution in [3.63, 3.8) is 0 Å². The van der Waals surface area contributed by atoms with Gasteiger partial charge < -0.3 is 25.2 Å². The van der Waals surface area contributed by atoms with E-state index < -0.39 is 0 Å². The molecule has 1 atom stereocenters. The standard InChI is InChI=1S/C24H39N5O2/c1-5-25-23(26-18-24(13-6-7-14-24)22(30)28(2)3)27-19-10-9-15-29(17-19)20-11-8-12-21(16-20)31-4/h8,11-12,16,19H,5-7,9-10,13-15,17-18H2,1-4H3,(H2,25,26,27). The molecule has 1 unspecified atom stereocenters. The van der Waals surface area contributed by atoms with Crippen LogP contribution in [0.1, 0.15) is 45.4 Å². The number of carbonyl (C=O) groups excluding carboxylic acids is 1. The van der Waals surface area contributed by atoms with E-state index in [0.717, 1.165) is 69.9 Å². The van der Waals surface area contributed by atoms with Crippen molar-refractivity contribution in [1.82, 2.24) is 15.5 Å². The summed E-state index contributed by atoms with van der Waals surface area (Å²) in [6.07, 6.45) is 6.30. The fourth-order valence-corrected chi connectivity index (χ4v) is 4.85. The predicted octanol–water partition coefficient (Wildman–Crippen LogP) is 2.87. The summed E-state index contributed by atoms with van der Waals surface area (Å²) < 4.78 is 5.39. The van der Waals surface area contributed by atoms with Crippen LogP contribution in [0.4, 0.5) is 5.69 Å². The van der Waals surface area contributed by atoms with Crippen LogP contribution >= 0.6 is 0 Å². The Morgan fingerprint density at radius 2 is 2.06 bits per heavy atom. The molecule has 0 spiro atoms. The van der Waals surface area contributed by atoms with Gasteiger partial charge >= 0.3 is 0 Å². The Morgan fingerprint density at radius 3 is 2.74 bits per heavy atom. The van der Waals surface area contributed by atoms with Crippen LogP contribution in [-0.4, -0.2) is 70.2 Å². The van der Waals surface area contributed by atoms with Crippen molar-refractivity contribution in [2.75, 3.05) is 52.3 Å². The van der Waals surface area contributed by atoms with Gasteiger partial charge in [-0.1, -0.05) is 18.9 Å². The normalized spacial score (nSPS) is 21.0. The maximum Gasteiger partial charge on any atom is 0.230 e. The van der Waals surface area contributed by atoms with Gasteiger partial charge in [-0.15, -0.1) is 0 Å². The summed E-state index contributed by atoms with van der Waals surface area (Å²) in [7, 11) is 5.41. The molecular formula is C24H39N5O2. The lowest BCUT2D eigenvalue weighted by Crippen LogP contribution is -2.51. The first-order valence-corrected chi connectivity index (χ1v) is 11.6. The number of hydrogen-bond donors (Lipinski definition) is 2. The van der Waals surface area contributed by atoms with Crippen molar-refractivity contribution in [3.05, 3.63) is 24.3 Å². The molecule has 1 heterocycles. The van der Waals surface area contributed by atoms with Crippen LogP contribution in [0.15, 0.2) is 29.3 Å². The molecule has 2 N–H and O–H groups in total. The number of nitrogens with one attached hydrogen (secondary N) is 2. The second kappa shape index (κ2) is 10.7. The van der Waals surface area contributed by atoms with Gasteiger partial charge in [-0.3, -0.25) is 9.79 Å². The van der Waals surface area contributed by atoms with Crippen LogP contribution in [0, 0.1) is 5.41 Å². The summed E-state index contributed by atoms with van der Waals surface area (Å²) >= 11 is 0. The number of hydrogen-bond acceptors (Lipinski definition) is 4. The van der Waals surface area contributed by atoms with Crippen LogP contribution in [0.2, 0.25) is 0 Å². The second-order valence-electron chi connectivity index (χ2n) is 9.01. The number of guanidine groups is 1. The molecule has 0 radical (unpaired) electrons. The molecule has 0 aromatic heterocycles. The van der Waals surface area contributed by atoms with Gasteiger partial charge in [0.25, 0.3) is 0 Å². The maximum absolute atomic E-state index is 12.9. The number of rotatable bonds is 7. The fourth-order valence-electron chi connectivity index (χ4n) is 4.85. The minimum absolute atomic E-state index is 0.214. The minimum Gasteiger partial charge on any atom is -0.497 e. The Hall–Kier alpha value is -2.44. The Labute approximate surface area is 187 Å². The molecule has 1 aliphatic heterocycles. The molecule has 1 saturated carbocycles. The Kier molecular flexibility index (Phi) is 8.04. The molecule has 7 nitrogen and oxygen atoms in total. The van der Waals surface area contributed by atoms with Crippen LogP contribution in [0.3, 0.4) is 0 Å². The molecule has 1 saturated heterocycles. The third kappa shape index (κ3) is 5.83. The van der Waals surface area contributed by atoms with Gasteiger partial charge in [-0.25, -0.2) is 0 Å². The molecule has 172 valence electrons. The number of nitrogens with zero attached hydrogens (tertiary/aromatic N) is 3. The number of benzene rings is 1. The average molecular weight is 430 g/mol. The van der Waals surface area contributed by atoms with E-state index in [0.29, 0.717) is 12.6 Å². The topological polar surface area (TPSA) is 69.2 Å². The maximum atomic E-state index is 12.9. The van der Waals surface area contributed by atoms with E-state index in [1.807, 2.05) is 26.2 Å². The van der Waals surface area contributed by atoms with Crippen molar-refractivity contribution in [2.45, 2.75) is 51.5 Å². The van der Waals surface area contributed by atoms with Gasteiger partial charge in [0.2, 0.25) is 5.91 Å². The van der Waals surface area contributed by atoms with Crippen molar-refractivity contribution in [1.29, 1.82) is 0 Å². The van der Waals surface area contributed by atoms with Crippen molar-refractivity contribution in [2.24, 2.45) is 10.4 Å². The highest BCUT2D eigenvalue weighted by molar-refractivity contribution is 5.84. The number of carbonyl (C=O) groups is 1. The van der Waals surface area contributed by atoms with Crippen molar-refractivity contribution >= 4 is 17.6 Å². The van der Waals surface area contributed by atoms with Crippen LogP contribution in [-0.2, 0) is 4.79 Å². The Bertz CT molecular complexity index is 758. The Balaban J connectivity index is 1.68. The highest BCUT2D eigenvalue weighted by Gasteiger charge is 2.42. The summed E-state index contributed by atoms with van der Waals surface area (Å²) in [4.78, 5) is 21.9. The highest BCUT2D eigenvalue weighted by atomic mass is 16.5. The third-order valence-corrected chi connectivity index (χ3v) is 6.49. The van der Waals surface area contributed by atoms with Gasteiger partial charge in [0.1, 0.15) is 5.75 Å². The first-order valence-electron chi connectivity index (χ1n) is 11.6. The molecule has 1 amide bonds. The molecule has 0 bridgehead atoms. The molecule has 7 heteroatoms. The molecular weight excluding hydrogens is 390 g/mol. The summed E-state index contributed by atoms with van der Waals surface area (Å²) in [5, 5.41) is 7.02. The zero-order chi connectivity index (χ0) is 22.3. The molecule has 1 aromatic carbocycles. The monoisotopic (exact) mass is 429 g/mol. The number of anilines is 1. The number of aliphatic imine (C=N–C) groups is 1. The lowest BCUT2D eigenvalue weighted by molar-refractivity contribution is -0.138. The lowest BCUT2D eigenvalue weighted by atomic mass is 9.85. The molecule has 3 rings (SSSR count). The summed E-state index contributed by atoms with van der Waals surface area (Å²) in [6.45, 7) is 5.38. The first kappa shape index (κ1) is 23.2. The molecule has 1 aliphatic carbocycles. The highest BCUT2D eigenvalue weighted by Crippen LogP contribution is 2.39. The largest absolute Gasteiger partial charge is 0.497 e. The van der Waals surface area contributed by atoms with Crippen LogP contribution < -0.4 is 20.3 Å². The zero-order valence-electron chi connectivity index (χ0n) is 19.6. The minimum atomic E-state index is -0.342. The number of ether oxygens (including phenoxy) is 1. The van der Waals surface area contributed by atoms with Gasteiger partial charge in [0.05, 0.1) is 19.1 Å². The quantitative estimate of drug-likeness (QED) is 0.515. The van der Waals surface area contributed by atoms with E-state index in [1.54, 1.807) is 12.0 Å². The molecule has 2 aliphatic rings. The van der Waals surface area contributed by atoms with Crippen LogP contribution in [0.25, 0.3) is 0 Å². The average Bonchev–Trinajstić information content (AvgIpc) is 3.27. The van der Waals surface area contributed by atoms with Gasteiger partial charge in [0, 0.05) is 51.5 Å². The zero-order valence-corrected chi connectivity index (χ0v) is 19.6. The van der Waals surface area contributed by atoms with Crippen molar-refractivity contribution in [3.8, 4) is 5.75 Å². The van der Waals surface area contributed by atoms with Gasteiger partial charge in [-0.2, -0.15) is 0 Å². The SMILES string of the molecule is CCNC(=NCC1(C(=O)N(C)C)CCCC1)NC1CCCN(c2cccc(OC)c2)C1. The van der Waals surface area contributed by atoms with E-state index in [1.165, 1.54) is 5.69 Å². The molecule has 31 heavy (non-hydrogen) atoms. The number of amides is 1. The summed E-state index contributed by atoms with van der Waals surface area (Å²) in [6, 6.07) is 8.56. The van der Waals surface area contributed by atoms with Crippen molar-refractivity contribution < 1.29 is 9.53 Å². The fraction of sp³-hybridized carbons (Fsp3) is 0.667. The third-order valence-electron chi connectivity index (χ3n) is 6.49.